The smallest absolute Gasteiger partial charge is 0.154 e. The van der Waals surface area contributed by atoms with Crippen LogP contribution in [0.5, 0.6) is 0 Å². The number of nitrogens with two attached hydrogens (primary N) is 1. The van der Waals surface area contributed by atoms with Gasteiger partial charge in [0, 0.05) is 29.9 Å². The normalized spacial score (nSPS) is 26.9. The summed E-state index contributed by atoms with van der Waals surface area (Å²) in [6, 6.07) is 9.39. The van der Waals surface area contributed by atoms with Crippen molar-refractivity contribution >= 4 is 41.7 Å². The quantitative estimate of drug-likeness (QED) is 0.782. The number of aromatic nitrogens is 1. The van der Waals surface area contributed by atoms with Crippen molar-refractivity contribution in [3.8, 4) is 11.1 Å². The van der Waals surface area contributed by atoms with Gasteiger partial charge in [-0.15, -0.1) is 24.8 Å². The van der Waals surface area contributed by atoms with Crippen LogP contribution in [0.1, 0.15) is 18.4 Å². The average Bonchev–Trinajstić information content (AvgIpc) is 2.91. The van der Waals surface area contributed by atoms with Crippen LogP contribution in [0.4, 0.5) is 4.39 Å². The first kappa shape index (κ1) is 21.0. The second-order valence-electron chi connectivity index (χ2n) is 6.45. The number of aliphatic hydroxyl groups excluding tert-OH is 1. The van der Waals surface area contributed by atoms with Crippen LogP contribution in [0.15, 0.2) is 47.7 Å². The Morgan fingerprint density at radius 3 is 2.77 bits per heavy atom. The number of aliphatic hydroxyl groups is 1. The molecule has 1 aliphatic heterocycles. The summed E-state index contributed by atoms with van der Waals surface area (Å²) in [6.45, 7) is 0. The Bertz CT molecular complexity index is 823. The van der Waals surface area contributed by atoms with E-state index < -0.39 is 5.54 Å². The monoisotopic (exact) mass is 415 g/mol. The average molecular weight is 416 g/mol. The topological polar surface area (TPSA) is 71.5 Å². The van der Waals surface area contributed by atoms with E-state index in [9.17, 15) is 9.50 Å². The zero-order valence-electron chi connectivity index (χ0n) is 13.8. The molecule has 2 aromatic rings. The van der Waals surface area contributed by atoms with Gasteiger partial charge >= 0.3 is 0 Å². The molecule has 0 radical (unpaired) electrons. The molecule has 4 nitrogen and oxygen atoms in total. The first-order chi connectivity index (χ1) is 11.6. The maximum absolute atomic E-state index is 13.5. The van der Waals surface area contributed by atoms with Gasteiger partial charge < -0.3 is 10.8 Å². The fourth-order valence-corrected chi connectivity index (χ4v) is 4.86. The van der Waals surface area contributed by atoms with Gasteiger partial charge in [0.1, 0.15) is 5.82 Å². The van der Waals surface area contributed by atoms with Crippen LogP contribution >= 0.6 is 36.6 Å². The van der Waals surface area contributed by atoms with Crippen LogP contribution in [-0.4, -0.2) is 27.1 Å². The molecule has 3 N–H and O–H groups in total. The summed E-state index contributed by atoms with van der Waals surface area (Å²) in [6.07, 6.45) is 3.78. The number of pyridine rings is 1. The molecule has 3 atom stereocenters. The number of aliphatic imine (C=N–C) groups is 1. The summed E-state index contributed by atoms with van der Waals surface area (Å²) in [5, 5.41) is 10.8. The minimum Gasteiger partial charge on any atom is -0.393 e. The number of halogens is 3. The SMILES string of the molecule is Cl.Cl.NC1=NC2(c3cccc(-c4cncc(F)c4)c3)CC(O)CC2CS1. The van der Waals surface area contributed by atoms with Crippen molar-refractivity contribution in [2.75, 3.05) is 5.75 Å². The van der Waals surface area contributed by atoms with Gasteiger partial charge in [0.15, 0.2) is 5.17 Å². The van der Waals surface area contributed by atoms with Crippen molar-refractivity contribution < 1.29 is 9.50 Å². The third-order valence-electron chi connectivity index (χ3n) is 4.92. The number of hydrogen-bond acceptors (Lipinski definition) is 5. The predicted octanol–water partition coefficient (Wildman–Crippen LogP) is 3.76. The van der Waals surface area contributed by atoms with E-state index in [0.29, 0.717) is 11.6 Å². The minimum absolute atomic E-state index is 0. The van der Waals surface area contributed by atoms with Gasteiger partial charge in [-0.1, -0.05) is 30.0 Å². The molecule has 3 unspecified atom stereocenters. The van der Waals surface area contributed by atoms with E-state index >= 15 is 0 Å². The zero-order chi connectivity index (χ0) is 16.7. The summed E-state index contributed by atoms with van der Waals surface area (Å²) >= 11 is 1.55. The molecular weight excluding hydrogens is 396 g/mol. The number of thioether (sulfide) groups is 1. The highest BCUT2D eigenvalue weighted by molar-refractivity contribution is 8.13. The Balaban J connectivity index is 0.00000121. The molecule has 8 heteroatoms. The summed E-state index contributed by atoms with van der Waals surface area (Å²) < 4.78 is 13.5. The lowest BCUT2D eigenvalue weighted by Gasteiger charge is -2.35. The van der Waals surface area contributed by atoms with Gasteiger partial charge in [-0.25, -0.2) is 4.39 Å². The summed E-state index contributed by atoms with van der Waals surface area (Å²) in [4.78, 5) is 8.68. The second kappa shape index (κ2) is 8.13. The summed E-state index contributed by atoms with van der Waals surface area (Å²) in [5.41, 5.74) is 8.16. The molecule has 2 aliphatic rings. The van der Waals surface area contributed by atoms with Gasteiger partial charge in [-0.3, -0.25) is 9.98 Å². The number of amidine groups is 1. The first-order valence-electron chi connectivity index (χ1n) is 7.94. The van der Waals surface area contributed by atoms with Crippen molar-refractivity contribution in [3.05, 3.63) is 54.1 Å². The molecule has 0 amide bonds. The van der Waals surface area contributed by atoms with Crippen LogP contribution in [-0.2, 0) is 5.54 Å². The highest BCUT2D eigenvalue weighted by Crippen LogP contribution is 2.51. The fourth-order valence-electron chi connectivity index (χ4n) is 3.85. The molecule has 140 valence electrons. The molecule has 0 saturated heterocycles. The highest BCUT2D eigenvalue weighted by atomic mass is 35.5. The van der Waals surface area contributed by atoms with E-state index in [1.165, 1.54) is 12.3 Å². The van der Waals surface area contributed by atoms with Crippen molar-refractivity contribution in [3.63, 3.8) is 0 Å². The molecule has 4 rings (SSSR count). The van der Waals surface area contributed by atoms with Gasteiger partial charge in [0.05, 0.1) is 17.8 Å². The Morgan fingerprint density at radius 1 is 1.19 bits per heavy atom. The van der Waals surface area contributed by atoms with E-state index in [1.807, 2.05) is 24.3 Å². The van der Waals surface area contributed by atoms with Crippen molar-refractivity contribution in [1.82, 2.24) is 4.98 Å². The Labute approximate surface area is 168 Å². The molecule has 0 bridgehead atoms. The second-order valence-corrected chi connectivity index (χ2v) is 7.49. The van der Waals surface area contributed by atoms with E-state index in [-0.39, 0.29) is 42.7 Å². The number of fused-ring (bicyclic) bond motifs is 1. The molecule has 26 heavy (non-hydrogen) atoms. The van der Waals surface area contributed by atoms with Crippen LogP contribution in [0.2, 0.25) is 0 Å². The molecule has 1 fully saturated rings. The van der Waals surface area contributed by atoms with Gasteiger partial charge in [-0.2, -0.15) is 0 Å². The Kier molecular flexibility index (Phi) is 6.55. The van der Waals surface area contributed by atoms with Crippen LogP contribution in [0.25, 0.3) is 11.1 Å². The largest absolute Gasteiger partial charge is 0.393 e. The van der Waals surface area contributed by atoms with E-state index in [1.54, 1.807) is 18.0 Å². The maximum Gasteiger partial charge on any atom is 0.154 e. The third kappa shape index (κ3) is 3.69. The molecule has 1 aromatic carbocycles. The zero-order valence-corrected chi connectivity index (χ0v) is 16.3. The molecule has 1 saturated carbocycles. The number of hydrogen-bond donors (Lipinski definition) is 2. The van der Waals surface area contributed by atoms with Crippen LogP contribution in [0, 0.1) is 11.7 Å². The molecule has 1 aromatic heterocycles. The lowest BCUT2D eigenvalue weighted by molar-refractivity contribution is 0.173. The van der Waals surface area contributed by atoms with Crippen molar-refractivity contribution in [1.29, 1.82) is 0 Å². The lowest BCUT2D eigenvalue weighted by Crippen LogP contribution is -2.36. The maximum atomic E-state index is 13.5. The van der Waals surface area contributed by atoms with E-state index in [4.69, 9.17) is 10.7 Å². The number of benzene rings is 1. The van der Waals surface area contributed by atoms with Gasteiger partial charge in [-0.05, 0) is 29.7 Å². The Hall–Kier alpha value is -1.34. The first-order valence-corrected chi connectivity index (χ1v) is 8.93. The summed E-state index contributed by atoms with van der Waals surface area (Å²) in [5.74, 6) is 0.755. The van der Waals surface area contributed by atoms with Gasteiger partial charge in [0.25, 0.3) is 0 Å². The molecular formula is C18H20Cl2FN3OS. The lowest BCUT2D eigenvalue weighted by atomic mass is 9.80. The van der Waals surface area contributed by atoms with Crippen LogP contribution in [0.3, 0.4) is 0 Å². The van der Waals surface area contributed by atoms with Crippen molar-refractivity contribution in [2.45, 2.75) is 24.5 Å². The molecule has 1 aliphatic carbocycles. The third-order valence-corrected chi connectivity index (χ3v) is 5.88. The van der Waals surface area contributed by atoms with E-state index in [0.717, 1.165) is 28.9 Å². The fraction of sp³-hybridized carbons (Fsp3) is 0.333. The molecule has 2 heterocycles. The minimum atomic E-state index is -0.481. The van der Waals surface area contributed by atoms with Gasteiger partial charge in [0.2, 0.25) is 0 Å². The predicted molar refractivity (Wildman–Crippen MR) is 109 cm³/mol. The standard InChI is InChI=1S/C18H18FN3OS.2ClH/c19-15-5-12(8-21-9-15)11-2-1-3-13(4-11)18-7-16(23)6-14(18)10-24-17(20)22-18;;/h1-5,8-9,14,16,23H,6-7,10H2,(H2,20,22);2*1H. The summed E-state index contributed by atoms with van der Waals surface area (Å²) in [7, 11) is 0. The van der Waals surface area contributed by atoms with Crippen LogP contribution < -0.4 is 5.73 Å². The van der Waals surface area contributed by atoms with E-state index in [2.05, 4.69) is 4.98 Å². The number of nitrogens with zero attached hydrogens (tertiary/aromatic N) is 2. The molecule has 0 spiro atoms. The Morgan fingerprint density at radius 2 is 2.00 bits per heavy atom. The highest BCUT2D eigenvalue weighted by Gasteiger charge is 2.50. The number of rotatable bonds is 2. The van der Waals surface area contributed by atoms with Crippen molar-refractivity contribution in [2.24, 2.45) is 16.6 Å².